The lowest BCUT2D eigenvalue weighted by molar-refractivity contribution is -0.148. The Morgan fingerprint density at radius 3 is 1.37 bits per heavy atom. The van der Waals surface area contributed by atoms with Gasteiger partial charge in [0.15, 0.2) is 13.2 Å². The molecule has 0 atom stereocenters. The van der Waals surface area contributed by atoms with Crippen LogP contribution >= 0.6 is 0 Å². The van der Waals surface area contributed by atoms with Gasteiger partial charge in [-0.2, -0.15) is 0 Å². The molecule has 0 saturated heterocycles. The molecule has 0 fully saturated rings. The van der Waals surface area contributed by atoms with E-state index in [0.29, 0.717) is 11.5 Å². The van der Waals surface area contributed by atoms with Gasteiger partial charge in [0.05, 0.1) is 14.2 Å². The van der Waals surface area contributed by atoms with E-state index in [1.54, 1.807) is 74.9 Å². The highest BCUT2D eigenvalue weighted by Gasteiger charge is 2.08. The molecule has 0 saturated carbocycles. The molecule has 0 bridgehead atoms. The molecule has 7 nitrogen and oxygen atoms in total. The number of methoxy groups -OCH3 is 2. The largest absolute Gasteiger partial charge is 0.497 e. The molecule has 156 valence electrons. The summed E-state index contributed by atoms with van der Waals surface area (Å²) in [4.78, 5) is 35.1. The first kappa shape index (κ1) is 22.4. The Labute approximate surface area is 174 Å². The van der Waals surface area contributed by atoms with Crippen LogP contribution in [0.1, 0.15) is 11.1 Å². The minimum Gasteiger partial charge on any atom is -0.497 e. The van der Waals surface area contributed by atoms with Crippen molar-refractivity contribution in [1.82, 2.24) is 0 Å². The first-order chi connectivity index (χ1) is 14.5. The average molecular weight is 410 g/mol. The molecule has 2 rings (SSSR count). The summed E-state index contributed by atoms with van der Waals surface area (Å²) in [6, 6.07) is 14.1. The minimum absolute atomic E-state index is 0.485. The van der Waals surface area contributed by atoms with Crippen molar-refractivity contribution in [3.05, 3.63) is 71.8 Å². The number of carbonyl (C=O) groups is 3. The van der Waals surface area contributed by atoms with Crippen LogP contribution in [0, 0.1) is 0 Å². The second kappa shape index (κ2) is 11.9. The fraction of sp³-hybridized carbons (Fsp3) is 0.174. The molecule has 0 aliphatic heterocycles. The highest BCUT2D eigenvalue weighted by molar-refractivity contribution is 5.92. The van der Waals surface area contributed by atoms with Gasteiger partial charge in [0, 0.05) is 12.2 Å². The molecule has 0 spiro atoms. The van der Waals surface area contributed by atoms with E-state index >= 15 is 0 Å². The Balaban J connectivity index is 1.69. The zero-order chi connectivity index (χ0) is 21.8. The van der Waals surface area contributed by atoms with Crippen LogP contribution in [-0.2, 0) is 23.9 Å². The van der Waals surface area contributed by atoms with Crippen molar-refractivity contribution in [1.29, 1.82) is 0 Å². The summed E-state index contributed by atoms with van der Waals surface area (Å²) < 4.78 is 19.8. The van der Waals surface area contributed by atoms with E-state index < -0.39 is 30.9 Å². The number of carbonyl (C=O) groups excluding carboxylic acids is 3. The predicted molar refractivity (Wildman–Crippen MR) is 111 cm³/mol. The molecule has 2 aromatic rings. The van der Waals surface area contributed by atoms with Crippen LogP contribution in [0.4, 0.5) is 0 Å². The fourth-order valence-corrected chi connectivity index (χ4v) is 2.20. The predicted octanol–water partition coefficient (Wildman–Crippen LogP) is 3.09. The summed E-state index contributed by atoms with van der Waals surface area (Å²) >= 11 is 0. The highest BCUT2D eigenvalue weighted by atomic mass is 16.6. The molecule has 2 aromatic carbocycles. The lowest BCUT2D eigenvalue weighted by Gasteiger charge is -2.03. The molecule has 0 unspecified atom stereocenters. The molecule has 0 N–H and O–H groups in total. The van der Waals surface area contributed by atoms with E-state index in [0.717, 1.165) is 11.1 Å². The number of ketones is 1. The average Bonchev–Trinajstić information content (AvgIpc) is 2.79. The van der Waals surface area contributed by atoms with Crippen molar-refractivity contribution >= 4 is 29.9 Å². The van der Waals surface area contributed by atoms with Crippen molar-refractivity contribution < 1.29 is 33.3 Å². The number of hydrogen-bond donors (Lipinski definition) is 0. The van der Waals surface area contributed by atoms with Gasteiger partial charge in [0.2, 0.25) is 5.78 Å². The van der Waals surface area contributed by atoms with Gasteiger partial charge in [0.25, 0.3) is 0 Å². The number of hydrogen-bond acceptors (Lipinski definition) is 7. The summed E-state index contributed by atoms with van der Waals surface area (Å²) in [5, 5.41) is 0. The summed E-state index contributed by atoms with van der Waals surface area (Å²) in [7, 11) is 3.13. The van der Waals surface area contributed by atoms with E-state index in [4.69, 9.17) is 18.9 Å². The number of esters is 2. The van der Waals surface area contributed by atoms with Crippen molar-refractivity contribution in [3.8, 4) is 11.5 Å². The molecule has 0 aromatic heterocycles. The van der Waals surface area contributed by atoms with Gasteiger partial charge in [-0.25, -0.2) is 9.59 Å². The van der Waals surface area contributed by atoms with Crippen LogP contribution < -0.4 is 9.47 Å². The third kappa shape index (κ3) is 8.02. The van der Waals surface area contributed by atoms with E-state index in [2.05, 4.69) is 0 Å². The summed E-state index contributed by atoms with van der Waals surface area (Å²) in [6.45, 7) is -0.970. The molecular weight excluding hydrogens is 388 g/mol. The Morgan fingerprint density at radius 1 is 0.667 bits per heavy atom. The maximum Gasteiger partial charge on any atom is 0.331 e. The molecule has 0 aliphatic carbocycles. The number of rotatable bonds is 10. The second-order valence-corrected chi connectivity index (χ2v) is 5.97. The highest BCUT2D eigenvalue weighted by Crippen LogP contribution is 2.13. The fourth-order valence-electron chi connectivity index (χ4n) is 2.20. The minimum atomic E-state index is -0.676. The van der Waals surface area contributed by atoms with Crippen LogP contribution in [0.2, 0.25) is 0 Å². The first-order valence-electron chi connectivity index (χ1n) is 8.99. The maximum absolute atomic E-state index is 11.7. The SMILES string of the molecule is COc1ccc(/C=C/C(=O)OCC(=O)COC(=O)/C=C/c2ccc(OC)cc2)cc1. The Morgan fingerprint density at radius 2 is 1.03 bits per heavy atom. The van der Waals surface area contributed by atoms with E-state index in [1.807, 2.05) is 0 Å². The number of benzene rings is 2. The Bertz CT molecular complexity index is 834. The summed E-state index contributed by atoms with van der Waals surface area (Å²) in [5.74, 6) is -0.482. The van der Waals surface area contributed by atoms with Gasteiger partial charge in [-0.3, -0.25) is 4.79 Å². The van der Waals surface area contributed by atoms with Gasteiger partial charge in [-0.1, -0.05) is 24.3 Å². The zero-order valence-corrected chi connectivity index (χ0v) is 16.7. The Kier molecular flexibility index (Phi) is 8.86. The van der Waals surface area contributed by atoms with E-state index in [1.165, 1.54) is 12.2 Å². The van der Waals surface area contributed by atoms with Gasteiger partial charge < -0.3 is 18.9 Å². The van der Waals surface area contributed by atoms with Crippen LogP contribution in [0.25, 0.3) is 12.2 Å². The van der Waals surface area contributed by atoms with Crippen LogP contribution in [0.5, 0.6) is 11.5 Å². The molecule has 0 aliphatic rings. The quantitative estimate of drug-likeness (QED) is 0.439. The number of Topliss-reactive ketones (excluding diaryl/α,β-unsaturated/α-hetero) is 1. The van der Waals surface area contributed by atoms with Gasteiger partial charge in [-0.15, -0.1) is 0 Å². The zero-order valence-electron chi connectivity index (χ0n) is 16.7. The van der Waals surface area contributed by atoms with Gasteiger partial charge in [0.1, 0.15) is 11.5 Å². The van der Waals surface area contributed by atoms with Gasteiger partial charge >= 0.3 is 11.9 Å². The maximum atomic E-state index is 11.7. The van der Waals surface area contributed by atoms with Crippen molar-refractivity contribution in [2.75, 3.05) is 27.4 Å². The third-order valence-corrected chi connectivity index (χ3v) is 3.81. The van der Waals surface area contributed by atoms with Crippen LogP contribution in [-0.4, -0.2) is 45.2 Å². The van der Waals surface area contributed by atoms with Crippen LogP contribution in [0.3, 0.4) is 0 Å². The topological polar surface area (TPSA) is 88.1 Å². The summed E-state index contributed by atoms with van der Waals surface area (Å²) in [6.07, 6.45) is 5.52. The second-order valence-electron chi connectivity index (χ2n) is 5.97. The molecule has 0 radical (unpaired) electrons. The molecule has 0 heterocycles. The number of ether oxygens (including phenoxy) is 4. The normalized spacial score (nSPS) is 10.7. The monoisotopic (exact) mass is 410 g/mol. The van der Waals surface area contributed by atoms with Crippen molar-refractivity contribution in [3.63, 3.8) is 0 Å². The smallest absolute Gasteiger partial charge is 0.331 e. The lowest BCUT2D eigenvalue weighted by Crippen LogP contribution is -2.19. The lowest BCUT2D eigenvalue weighted by atomic mass is 10.2. The van der Waals surface area contributed by atoms with Crippen molar-refractivity contribution in [2.45, 2.75) is 0 Å². The van der Waals surface area contributed by atoms with Gasteiger partial charge in [-0.05, 0) is 47.5 Å². The van der Waals surface area contributed by atoms with Crippen LogP contribution in [0.15, 0.2) is 60.7 Å². The molecule has 30 heavy (non-hydrogen) atoms. The van der Waals surface area contributed by atoms with E-state index in [9.17, 15) is 14.4 Å². The molecular formula is C23H22O7. The van der Waals surface area contributed by atoms with E-state index in [-0.39, 0.29) is 0 Å². The first-order valence-corrected chi connectivity index (χ1v) is 8.99. The van der Waals surface area contributed by atoms with Crippen molar-refractivity contribution in [2.24, 2.45) is 0 Å². The third-order valence-electron chi connectivity index (χ3n) is 3.81. The molecule has 0 amide bonds. The Hall–Kier alpha value is -3.87. The standard InChI is InChI=1S/C23H22O7/c1-27-20-9-3-17(4-10-20)7-13-22(25)29-15-19(24)16-30-23(26)14-8-18-5-11-21(28-2)12-6-18/h3-14H,15-16H2,1-2H3/b13-7+,14-8+. The molecule has 7 heteroatoms. The summed E-state index contributed by atoms with van der Waals surface area (Å²) in [5.41, 5.74) is 1.55.